The van der Waals surface area contributed by atoms with E-state index in [2.05, 4.69) is 10.4 Å². The van der Waals surface area contributed by atoms with Gasteiger partial charge in [0.15, 0.2) is 0 Å². The van der Waals surface area contributed by atoms with E-state index in [0.717, 1.165) is 5.69 Å². The molecule has 3 rings (SSSR count). The molecule has 2 fully saturated rings. The van der Waals surface area contributed by atoms with Crippen molar-refractivity contribution in [3.8, 4) is 0 Å². The van der Waals surface area contributed by atoms with Gasteiger partial charge in [-0.3, -0.25) is 14.3 Å². The van der Waals surface area contributed by atoms with Crippen molar-refractivity contribution in [3.63, 3.8) is 0 Å². The van der Waals surface area contributed by atoms with Crippen LogP contribution in [0.3, 0.4) is 0 Å². The zero-order valence-electron chi connectivity index (χ0n) is 11.8. The van der Waals surface area contributed by atoms with Crippen LogP contribution < -0.4 is 10.2 Å². The van der Waals surface area contributed by atoms with Gasteiger partial charge in [-0.15, -0.1) is 23.2 Å². The lowest BCUT2D eigenvalue weighted by Gasteiger charge is -2.18. The number of hydrogen-bond donors (Lipinski definition) is 1. The smallest absolute Gasteiger partial charge is 0.249 e. The molecule has 1 aromatic rings. The number of nitrogens with one attached hydrogen (secondary N) is 1. The van der Waals surface area contributed by atoms with E-state index in [-0.39, 0.29) is 11.8 Å². The van der Waals surface area contributed by atoms with Crippen molar-refractivity contribution < 1.29 is 9.59 Å². The fraction of sp³-hybridized carbons (Fsp3) is 0.615. The Balaban J connectivity index is 1.66. The lowest BCUT2D eigenvalue weighted by atomic mass is 10.1. The maximum Gasteiger partial charge on any atom is 0.249 e. The zero-order valence-corrected chi connectivity index (χ0v) is 13.3. The monoisotopic (exact) mass is 330 g/mol. The second-order valence-corrected chi connectivity index (χ2v) is 7.37. The van der Waals surface area contributed by atoms with Gasteiger partial charge in [0, 0.05) is 19.8 Å². The fourth-order valence-corrected chi connectivity index (χ4v) is 3.29. The molecule has 0 aromatic carbocycles. The molecule has 1 aliphatic carbocycles. The van der Waals surface area contributed by atoms with E-state index in [1.807, 2.05) is 0 Å². The van der Waals surface area contributed by atoms with E-state index in [4.69, 9.17) is 23.2 Å². The molecule has 2 atom stereocenters. The summed E-state index contributed by atoms with van der Waals surface area (Å²) in [6.07, 6.45) is 4.37. The lowest BCUT2D eigenvalue weighted by molar-refractivity contribution is -0.129. The summed E-state index contributed by atoms with van der Waals surface area (Å²) in [7, 11) is 1.79. The number of aromatic nitrogens is 2. The first kappa shape index (κ1) is 14.7. The predicted octanol–water partition coefficient (Wildman–Crippen LogP) is 1.23. The number of carbonyl (C=O) groups excluding carboxylic acids is 2. The third-order valence-corrected chi connectivity index (χ3v) is 5.37. The molecule has 8 heteroatoms. The van der Waals surface area contributed by atoms with Crippen molar-refractivity contribution in [1.82, 2.24) is 15.1 Å². The molecule has 1 aliphatic heterocycles. The van der Waals surface area contributed by atoms with Crippen molar-refractivity contribution in [3.05, 3.63) is 12.4 Å². The van der Waals surface area contributed by atoms with Crippen LogP contribution in [0.2, 0.25) is 0 Å². The Labute approximate surface area is 132 Å². The van der Waals surface area contributed by atoms with Crippen LogP contribution in [-0.2, 0) is 16.6 Å². The second-order valence-electron chi connectivity index (χ2n) is 5.89. The molecule has 1 saturated carbocycles. The standard InChI is InChI=1S/C13H16Cl2N4O2/c1-12(7-13(12,14)15)11(21)17-9-3-4-19(10(9)20)8-5-16-18(2)6-8/h5-6,9H,3-4,7H2,1-2H3,(H,17,21)/t9-,12+/m1/s1. The van der Waals surface area contributed by atoms with Crippen molar-refractivity contribution >= 4 is 40.7 Å². The van der Waals surface area contributed by atoms with E-state index in [9.17, 15) is 9.59 Å². The largest absolute Gasteiger partial charge is 0.344 e. The summed E-state index contributed by atoms with van der Waals surface area (Å²) in [5.74, 6) is -0.394. The van der Waals surface area contributed by atoms with Gasteiger partial charge in [0.05, 0.1) is 17.3 Å². The normalized spacial score (nSPS) is 30.6. The molecule has 0 radical (unpaired) electrons. The lowest BCUT2D eigenvalue weighted by Crippen LogP contribution is -2.45. The number of halogens is 2. The van der Waals surface area contributed by atoms with Gasteiger partial charge in [-0.05, 0) is 19.8 Å². The van der Waals surface area contributed by atoms with Gasteiger partial charge in [-0.25, -0.2) is 0 Å². The topological polar surface area (TPSA) is 67.2 Å². The molecule has 6 nitrogen and oxygen atoms in total. The number of nitrogens with zero attached hydrogens (tertiary/aromatic N) is 3. The molecular formula is C13H16Cl2N4O2. The summed E-state index contributed by atoms with van der Waals surface area (Å²) >= 11 is 12.0. The van der Waals surface area contributed by atoms with Crippen LogP contribution in [0.1, 0.15) is 19.8 Å². The number of amides is 2. The predicted molar refractivity (Wildman–Crippen MR) is 79.3 cm³/mol. The van der Waals surface area contributed by atoms with Gasteiger partial charge in [0.1, 0.15) is 10.4 Å². The Hall–Kier alpha value is -1.27. The van der Waals surface area contributed by atoms with Gasteiger partial charge >= 0.3 is 0 Å². The van der Waals surface area contributed by atoms with Crippen LogP contribution in [0, 0.1) is 5.41 Å². The molecule has 0 unspecified atom stereocenters. The number of alkyl halides is 2. The van der Waals surface area contributed by atoms with Crippen molar-refractivity contribution in [1.29, 1.82) is 0 Å². The van der Waals surface area contributed by atoms with Gasteiger partial charge < -0.3 is 10.2 Å². The van der Waals surface area contributed by atoms with Gasteiger partial charge in [0.25, 0.3) is 0 Å². The molecule has 1 aromatic heterocycles. The Kier molecular flexibility index (Phi) is 3.22. The average Bonchev–Trinajstić information content (AvgIpc) is 2.74. The van der Waals surface area contributed by atoms with E-state index >= 15 is 0 Å². The molecular weight excluding hydrogens is 315 g/mol. The van der Waals surface area contributed by atoms with Crippen molar-refractivity contribution in [2.24, 2.45) is 12.5 Å². The molecule has 0 spiro atoms. The molecule has 1 N–H and O–H groups in total. The van der Waals surface area contributed by atoms with Crippen LogP contribution >= 0.6 is 23.2 Å². The first-order chi connectivity index (χ1) is 9.74. The summed E-state index contributed by atoms with van der Waals surface area (Å²) < 4.78 is 0.608. The Morgan fingerprint density at radius 3 is 2.71 bits per heavy atom. The van der Waals surface area contributed by atoms with E-state index in [1.165, 1.54) is 0 Å². The highest BCUT2D eigenvalue weighted by atomic mass is 35.5. The van der Waals surface area contributed by atoms with Gasteiger partial charge in [-0.1, -0.05) is 0 Å². The molecule has 21 heavy (non-hydrogen) atoms. The van der Waals surface area contributed by atoms with Crippen LogP contribution in [0.25, 0.3) is 0 Å². The SMILES string of the molecule is Cn1cc(N2CC[C@@H](NC(=O)[C@]3(C)CC3(Cl)Cl)C2=O)cn1. The summed E-state index contributed by atoms with van der Waals surface area (Å²) in [5, 5.41) is 6.82. The highest BCUT2D eigenvalue weighted by molar-refractivity contribution is 6.53. The Morgan fingerprint density at radius 2 is 2.19 bits per heavy atom. The van der Waals surface area contributed by atoms with Gasteiger partial charge in [0.2, 0.25) is 11.8 Å². The zero-order chi connectivity index (χ0) is 15.4. The maximum atomic E-state index is 12.4. The van der Waals surface area contributed by atoms with E-state index in [1.54, 1.807) is 35.9 Å². The summed E-state index contributed by atoms with van der Waals surface area (Å²) in [4.78, 5) is 26.2. The first-order valence-electron chi connectivity index (χ1n) is 6.73. The molecule has 1 saturated heterocycles. The maximum absolute atomic E-state index is 12.4. The quantitative estimate of drug-likeness (QED) is 0.847. The van der Waals surface area contributed by atoms with Crippen LogP contribution in [-0.4, -0.2) is 38.5 Å². The van der Waals surface area contributed by atoms with Gasteiger partial charge in [-0.2, -0.15) is 5.10 Å². The average molecular weight is 331 g/mol. The van der Waals surface area contributed by atoms with Crippen LogP contribution in [0.5, 0.6) is 0 Å². The van der Waals surface area contributed by atoms with Crippen LogP contribution in [0.15, 0.2) is 12.4 Å². The highest BCUT2D eigenvalue weighted by Gasteiger charge is 2.68. The highest BCUT2D eigenvalue weighted by Crippen LogP contribution is 2.63. The van der Waals surface area contributed by atoms with Crippen LogP contribution in [0.4, 0.5) is 5.69 Å². The third-order valence-electron chi connectivity index (χ3n) is 4.27. The summed E-state index contributed by atoms with van der Waals surface area (Å²) in [6, 6.07) is -0.528. The number of aryl methyl sites for hydroxylation is 1. The molecule has 114 valence electrons. The number of rotatable bonds is 3. The molecule has 2 aliphatic rings. The van der Waals surface area contributed by atoms with Crippen molar-refractivity contribution in [2.75, 3.05) is 11.4 Å². The Morgan fingerprint density at radius 1 is 1.52 bits per heavy atom. The first-order valence-corrected chi connectivity index (χ1v) is 7.49. The minimum atomic E-state index is -1.03. The summed E-state index contributed by atoms with van der Waals surface area (Å²) in [6.45, 7) is 2.26. The van der Waals surface area contributed by atoms with E-state index < -0.39 is 15.8 Å². The number of hydrogen-bond acceptors (Lipinski definition) is 3. The minimum absolute atomic E-state index is 0.129. The molecule has 0 bridgehead atoms. The minimum Gasteiger partial charge on any atom is -0.344 e. The van der Waals surface area contributed by atoms with E-state index in [0.29, 0.717) is 19.4 Å². The molecule has 2 amide bonds. The number of anilines is 1. The summed E-state index contributed by atoms with van der Waals surface area (Å²) in [5.41, 5.74) is -0.0705. The van der Waals surface area contributed by atoms with Crippen molar-refractivity contribution in [2.45, 2.75) is 30.1 Å². The Bertz CT molecular complexity index is 615. The second kappa shape index (κ2) is 4.61. The molecule has 2 heterocycles. The third kappa shape index (κ3) is 2.30. The fourth-order valence-electron chi connectivity index (χ4n) is 2.58. The number of carbonyl (C=O) groups is 2.